The van der Waals surface area contributed by atoms with Gasteiger partial charge in [0.05, 0.1) is 63.1 Å². The summed E-state index contributed by atoms with van der Waals surface area (Å²) in [7, 11) is -0.919. The number of nitro groups is 1. The summed E-state index contributed by atoms with van der Waals surface area (Å²) in [6.45, 7) is 7.04. The molecular formula is C50H51N7O7Si. The lowest BCUT2D eigenvalue weighted by molar-refractivity contribution is -0.385. The van der Waals surface area contributed by atoms with Crippen LogP contribution >= 0.6 is 0 Å². The van der Waals surface area contributed by atoms with Gasteiger partial charge in [0.2, 0.25) is 5.91 Å². The summed E-state index contributed by atoms with van der Waals surface area (Å²) >= 11 is 0. The second-order valence-corrected chi connectivity index (χ2v) is 22.3. The zero-order valence-corrected chi connectivity index (χ0v) is 37.7. The van der Waals surface area contributed by atoms with E-state index in [0.717, 1.165) is 38.5 Å². The van der Waals surface area contributed by atoms with Crippen LogP contribution in [0.3, 0.4) is 0 Å². The van der Waals surface area contributed by atoms with E-state index in [2.05, 4.69) is 52.8 Å². The monoisotopic (exact) mass is 889 g/mol. The Balaban J connectivity index is 1.04. The lowest BCUT2D eigenvalue weighted by Gasteiger charge is -2.37. The number of nitrogens with zero attached hydrogens (tertiary/aromatic N) is 5. The number of nitrogens with one attached hydrogen (secondary N) is 2. The van der Waals surface area contributed by atoms with E-state index < -0.39 is 30.6 Å². The molecule has 0 radical (unpaired) electrons. The average molecular weight is 890 g/mol. The highest BCUT2D eigenvalue weighted by molar-refractivity contribution is 6.91. The number of aromatic nitrogens is 4. The zero-order chi connectivity index (χ0) is 45.5. The summed E-state index contributed by atoms with van der Waals surface area (Å²) in [6.07, 6.45) is 3.89. The number of hydrogen-bond acceptors (Lipinski definition) is 9. The fraction of sp³-hybridized carbons (Fsp3) is 0.280. The number of H-pyrrole nitrogens is 1. The molecule has 5 aromatic carbocycles. The molecule has 4 heterocycles. The third kappa shape index (κ3) is 8.00. The van der Waals surface area contributed by atoms with Crippen molar-refractivity contribution in [2.45, 2.75) is 69.1 Å². The molecule has 5 atom stereocenters. The normalized spacial score (nSPS) is 19.7. The number of nitro benzene ring substituents is 1. The molecule has 65 heavy (non-hydrogen) atoms. The first-order valence-corrected chi connectivity index (χ1v) is 24.9. The van der Waals surface area contributed by atoms with E-state index >= 15 is 4.79 Å². The van der Waals surface area contributed by atoms with Gasteiger partial charge in [0.25, 0.3) is 11.6 Å². The minimum atomic E-state index is -2.55. The van der Waals surface area contributed by atoms with E-state index in [0.29, 0.717) is 35.6 Å². The van der Waals surface area contributed by atoms with Gasteiger partial charge in [0, 0.05) is 59.1 Å². The molecule has 2 aromatic heterocycles. The Morgan fingerprint density at radius 2 is 1.78 bits per heavy atom. The van der Waals surface area contributed by atoms with Gasteiger partial charge < -0.3 is 29.8 Å². The van der Waals surface area contributed by atoms with E-state index in [1.54, 1.807) is 22.8 Å². The molecule has 0 bridgehead atoms. The number of aliphatic hydroxyl groups excluding tert-OH is 1. The SMILES string of the molecule is COc1ccc([Si](C)(C)[C@@H]2[C@@H](CCn3cc(C(CO)c4ccccc4)nn3)O[C@]3(C(=O)N(Cc4cccc(NC(=O)Cc5c[nH]c6ccccc56)c4)c4ccc([N+](=O)[O-])cc43)[C@H]2C)cc1. The summed E-state index contributed by atoms with van der Waals surface area (Å²) in [6, 6.07) is 37.6. The molecule has 0 aliphatic carbocycles. The number of methoxy groups -OCH3 is 1. The third-order valence-electron chi connectivity index (χ3n) is 13.5. The Hall–Kier alpha value is -6.94. The molecule has 3 N–H and O–H groups in total. The van der Waals surface area contributed by atoms with Gasteiger partial charge in [-0.25, -0.2) is 0 Å². The number of aryl methyl sites for hydroxylation is 1. The Labute approximate surface area is 377 Å². The number of aliphatic hydroxyl groups is 1. The molecule has 332 valence electrons. The number of benzene rings is 5. The van der Waals surface area contributed by atoms with E-state index in [1.807, 2.05) is 103 Å². The number of para-hydroxylation sites is 1. The van der Waals surface area contributed by atoms with Crippen LogP contribution in [0, 0.1) is 16.0 Å². The first-order chi connectivity index (χ1) is 31.4. The molecule has 15 heteroatoms. The van der Waals surface area contributed by atoms with Gasteiger partial charge in [-0.15, -0.1) is 5.10 Å². The molecule has 9 rings (SSSR count). The van der Waals surface area contributed by atoms with Crippen LogP contribution in [0.15, 0.2) is 134 Å². The standard InChI is InChI=1S/C50H51N7O7Si/c1-32-48(65(3,4)39-20-18-38(63-2)19-21-39)46(23-24-55-30-44(53-54-55)41(31-58)34-12-6-5-7-13-34)64-50(32)42-27-37(57(61)62)17-22-45(42)56(49(50)60)29-33-11-10-14-36(25-33)52-47(59)26-35-28-51-43-16-9-8-15-40(35)43/h5-22,25,27-28,30,32,41,46,48,51,58H,23-24,26,29,31H2,1-4H3,(H,52,59)/t32-,41?,46+,48-,50+/m0/s1. The topological polar surface area (TPSA) is 178 Å². The summed E-state index contributed by atoms with van der Waals surface area (Å²) in [5.74, 6) is -0.490. The lowest BCUT2D eigenvalue weighted by atomic mass is 9.82. The number of anilines is 2. The van der Waals surface area contributed by atoms with Crippen LogP contribution in [0.5, 0.6) is 5.75 Å². The molecule has 1 fully saturated rings. The number of hydrogen-bond donors (Lipinski definition) is 3. The Morgan fingerprint density at radius 3 is 2.54 bits per heavy atom. The largest absolute Gasteiger partial charge is 0.497 e. The molecule has 1 spiro atoms. The number of non-ortho nitro benzene ring substituents is 1. The molecule has 1 saturated heterocycles. The van der Waals surface area contributed by atoms with Gasteiger partial charge in [0.1, 0.15) is 5.75 Å². The Bertz CT molecular complexity index is 2880. The van der Waals surface area contributed by atoms with Crippen molar-refractivity contribution in [2.24, 2.45) is 5.92 Å². The number of carbonyl (C=O) groups excluding carboxylic acids is 2. The zero-order valence-electron chi connectivity index (χ0n) is 36.7. The van der Waals surface area contributed by atoms with E-state index in [1.165, 1.54) is 12.1 Å². The number of rotatable bonds is 15. The van der Waals surface area contributed by atoms with Crippen LogP contribution in [0.25, 0.3) is 10.9 Å². The smallest absolute Gasteiger partial charge is 0.269 e. The summed E-state index contributed by atoms with van der Waals surface area (Å²) in [4.78, 5) is 45.7. The van der Waals surface area contributed by atoms with E-state index in [-0.39, 0.29) is 48.5 Å². The van der Waals surface area contributed by atoms with Crippen molar-refractivity contribution in [1.29, 1.82) is 0 Å². The fourth-order valence-electron chi connectivity index (χ4n) is 10.3. The third-order valence-corrected chi connectivity index (χ3v) is 17.9. The Kier molecular flexibility index (Phi) is 11.7. The van der Waals surface area contributed by atoms with Crippen LogP contribution in [-0.2, 0) is 39.4 Å². The van der Waals surface area contributed by atoms with Gasteiger partial charge in [-0.2, -0.15) is 0 Å². The number of ether oxygens (including phenoxy) is 2. The highest BCUT2D eigenvalue weighted by Crippen LogP contribution is 2.60. The number of aromatic amines is 1. The van der Waals surface area contributed by atoms with Crippen molar-refractivity contribution in [3.8, 4) is 5.75 Å². The maximum Gasteiger partial charge on any atom is 0.269 e. The second-order valence-electron chi connectivity index (χ2n) is 17.6. The highest BCUT2D eigenvalue weighted by atomic mass is 28.3. The van der Waals surface area contributed by atoms with Gasteiger partial charge in [-0.1, -0.05) is 103 Å². The molecule has 2 aliphatic rings. The molecule has 14 nitrogen and oxygen atoms in total. The van der Waals surface area contributed by atoms with Crippen LogP contribution in [0.1, 0.15) is 47.2 Å². The van der Waals surface area contributed by atoms with E-state index in [4.69, 9.17) is 9.47 Å². The van der Waals surface area contributed by atoms with Crippen molar-refractivity contribution < 1.29 is 29.1 Å². The Morgan fingerprint density at radius 1 is 1.02 bits per heavy atom. The second kappa shape index (κ2) is 17.6. The molecular weight excluding hydrogens is 839 g/mol. The van der Waals surface area contributed by atoms with Crippen molar-refractivity contribution in [2.75, 3.05) is 23.9 Å². The quantitative estimate of drug-likeness (QED) is 0.0526. The predicted octanol–water partition coefficient (Wildman–Crippen LogP) is 7.83. The highest BCUT2D eigenvalue weighted by Gasteiger charge is 2.66. The van der Waals surface area contributed by atoms with Crippen molar-refractivity contribution >= 4 is 53.0 Å². The molecule has 0 saturated carbocycles. The first kappa shape index (κ1) is 43.3. The lowest BCUT2D eigenvalue weighted by Crippen LogP contribution is -2.51. The molecule has 2 aliphatic heterocycles. The number of fused-ring (bicyclic) bond motifs is 3. The summed E-state index contributed by atoms with van der Waals surface area (Å²) < 4.78 is 14.6. The van der Waals surface area contributed by atoms with Crippen LogP contribution in [0.4, 0.5) is 17.1 Å². The predicted molar refractivity (Wildman–Crippen MR) is 251 cm³/mol. The summed E-state index contributed by atoms with van der Waals surface area (Å²) in [5, 5.41) is 36.8. The average Bonchev–Trinajstić information content (AvgIpc) is 4.08. The molecule has 1 unspecified atom stereocenters. The van der Waals surface area contributed by atoms with Gasteiger partial charge >= 0.3 is 0 Å². The number of carbonyl (C=O) groups is 2. The van der Waals surface area contributed by atoms with Crippen molar-refractivity contribution in [3.05, 3.63) is 172 Å². The first-order valence-electron chi connectivity index (χ1n) is 21.8. The van der Waals surface area contributed by atoms with Crippen molar-refractivity contribution in [1.82, 2.24) is 20.0 Å². The van der Waals surface area contributed by atoms with Crippen LogP contribution < -0.4 is 20.1 Å². The maximum absolute atomic E-state index is 15.5. The summed E-state index contributed by atoms with van der Waals surface area (Å²) in [5.41, 5.74) is 3.96. The van der Waals surface area contributed by atoms with Gasteiger partial charge in [0.15, 0.2) is 5.60 Å². The molecule has 2 amide bonds. The maximum atomic E-state index is 15.5. The molecule has 7 aromatic rings. The van der Waals surface area contributed by atoms with Crippen LogP contribution in [0.2, 0.25) is 18.6 Å². The van der Waals surface area contributed by atoms with Gasteiger partial charge in [-0.3, -0.25) is 24.4 Å². The minimum Gasteiger partial charge on any atom is -0.497 e. The van der Waals surface area contributed by atoms with Crippen molar-refractivity contribution in [3.63, 3.8) is 0 Å². The van der Waals surface area contributed by atoms with Gasteiger partial charge in [-0.05, 0) is 65.1 Å². The van der Waals surface area contributed by atoms with Crippen LogP contribution in [-0.4, -0.2) is 69.7 Å². The number of amides is 2. The minimum absolute atomic E-state index is 0.132. The fourth-order valence-corrected chi connectivity index (χ4v) is 14.4. The van der Waals surface area contributed by atoms with E-state index in [9.17, 15) is 20.0 Å².